The van der Waals surface area contributed by atoms with Crippen molar-refractivity contribution in [1.29, 1.82) is 5.26 Å². The van der Waals surface area contributed by atoms with E-state index in [2.05, 4.69) is 16.1 Å². The third kappa shape index (κ3) is 1.92. The average Bonchev–Trinajstić information content (AvgIpc) is 2.37. The maximum Gasteiger partial charge on any atom is 0.0994 e. The maximum absolute atomic E-state index is 9.11. The van der Waals surface area contributed by atoms with Crippen molar-refractivity contribution in [3.8, 4) is 6.07 Å². The Labute approximate surface area is 98.7 Å². The van der Waals surface area contributed by atoms with E-state index in [9.17, 15) is 0 Å². The van der Waals surface area contributed by atoms with Gasteiger partial charge in [-0.15, -0.1) is 0 Å². The van der Waals surface area contributed by atoms with Crippen LogP contribution < -0.4 is 0 Å². The third-order valence-electron chi connectivity index (χ3n) is 2.73. The highest BCUT2D eigenvalue weighted by Crippen LogP contribution is 2.29. The Hall–Kier alpha value is -2.50. The summed E-state index contributed by atoms with van der Waals surface area (Å²) in [5.41, 5.74) is 9.86. The standard InChI is InChI=1S/C13H10N4/c1-9(16-17-15)13-11(8-14)7-6-10-4-2-3-5-12(10)13/h2-7,9H,1H3. The van der Waals surface area contributed by atoms with E-state index < -0.39 is 0 Å². The number of benzene rings is 2. The fraction of sp³-hybridized carbons (Fsp3) is 0.154. The van der Waals surface area contributed by atoms with Gasteiger partial charge in [0, 0.05) is 4.91 Å². The van der Waals surface area contributed by atoms with E-state index in [1.54, 1.807) is 13.0 Å². The Kier molecular flexibility index (Phi) is 2.95. The first-order chi connectivity index (χ1) is 8.27. The average molecular weight is 222 g/mol. The van der Waals surface area contributed by atoms with Gasteiger partial charge in [-0.25, -0.2) is 0 Å². The van der Waals surface area contributed by atoms with Crippen LogP contribution in [0.3, 0.4) is 0 Å². The molecule has 0 bridgehead atoms. The molecule has 0 spiro atoms. The Morgan fingerprint density at radius 3 is 2.76 bits per heavy atom. The van der Waals surface area contributed by atoms with Gasteiger partial charge in [-0.1, -0.05) is 42.4 Å². The fourth-order valence-corrected chi connectivity index (χ4v) is 1.98. The Bertz CT molecular complexity index is 648. The lowest BCUT2D eigenvalue weighted by molar-refractivity contribution is 0.813. The second-order valence-electron chi connectivity index (χ2n) is 3.74. The number of hydrogen-bond acceptors (Lipinski definition) is 2. The lowest BCUT2D eigenvalue weighted by Crippen LogP contribution is -1.95. The fourth-order valence-electron chi connectivity index (χ4n) is 1.98. The van der Waals surface area contributed by atoms with E-state index >= 15 is 0 Å². The molecule has 1 unspecified atom stereocenters. The first-order valence-electron chi connectivity index (χ1n) is 5.24. The van der Waals surface area contributed by atoms with E-state index in [1.807, 2.05) is 30.3 Å². The van der Waals surface area contributed by atoms with Gasteiger partial charge in [-0.3, -0.25) is 0 Å². The van der Waals surface area contributed by atoms with Gasteiger partial charge >= 0.3 is 0 Å². The van der Waals surface area contributed by atoms with Crippen molar-refractivity contribution in [3.63, 3.8) is 0 Å². The summed E-state index contributed by atoms with van der Waals surface area (Å²) in [6.07, 6.45) is 0. The van der Waals surface area contributed by atoms with Crippen molar-refractivity contribution < 1.29 is 0 Å². The predicted octanol–water partition coefficient (Wildman–Crippen LogP) is 4.08. The summed E-state index contributed by atoms with van der Waals surface area (Å²) in [4.78, 5) is 2.81. The van der Waals surface area contributed by atoms with Gasteiger partial charge in [0.2, 0.25) is 0 Å². The third-order valence-corrected chi connectivity index (χ3v) is 2.73. The van der Waals surface area contributed by atoms with Gasteiger partial charge in [-0.2, -0.15) is 5.26 Å². The molecule has 0 N–H and O–H groups in total. The van der Waals surface area contributed by atoms with E-state index in [4.69, 9.17) is 10.8 Å². The number of azide groups is 1. The van der Waals surface area contributed by atoms with Crippen LogP contribution in [-0.2, 0) is 0 Å². The van der Waals surface area contributed by atoms with Gasteiger partial charge < -0.3 is 0 Å². The molecule has 0 saturated carbocycles. The molecule has 2 aromatic rings. The molecule has 1 atom stereocenters. The van der Waals surface area contributed by atoms with E-state index in [0.29, 0.717) is 5.56 Å². The monoisotopic (exact) mass is 222 g/mol. The Morgan fingerprint density at radius 1 is 1.29 bits per heavy atom. The maximum atomic E-state index is 9.11. The zero-order valence-corrected chi connectivity index (χ0v) is 9.33. The van der Waals surface area contributed by atoms with Crippen molar-refractivity contribution in [1.82, 2.24) is 0 Å². The molecular weight excluding hydrogens is 212 g/mol. The molecule has 4 heteroatoms. The summed E-state index contributed by atoms with van der Waals surface area (Å²) in [6, 6.07) is 13.2. The van der Waals surface area contributed by atoms with Crippen LogP contribution >= 0.6 is 0 Å². The number of hydrogen-bond donors (Lipinski definition) is 0. The summed E-state index contributed by atoms with van der Waals surface area (Å²) >= 11 is 0. The highest BCUT2D eigenvalue weighted by Gasteiger charge is 2.12. The molecule has 0 aliphatic carbocycles. The summed E-state index contributed by atoms with van der Waals surface area (Å²) in [5.74, 6) is 0. The molecule has 0 saturated heterocycles. The Morgan fingerprint density at radius 2 is 2.06 bits per heavy atom. The van der Waals surface area contributed by atoms with Crippen LogP contribution in [0.5, 0.6) is 0 Å². The molecule has 2 rings (SSSR count). The minimum absolute atomic E-state index is 0.347. The van der Waals surface area contributed by atoms with Crippen LogP contribution in [0.4, 0.5) is 0 Å². The molecule has 82 valence electrons. The van der Waals surface area contributed by atoms with E-state index in [1.165, 1.54) is 0 Å². The quantitative estimate of drug-likeness (QED) is 0.428. The summed E-state index contributed by atoms with van der Waals surface area (Å²) in [5, 5.41) is 14.8. The second-order valence-corrected chi connectivity index (χ2v) is 3.74. The van der Waals surface area contributed by atoms with Crippen LogP contribution in [0, 0.1) is 11.3 Å². The largest absolute Gasteiger partial charge is 0.192 e. The van der Waals surface area contributed by atoms with Gasteiger partial charge in [0.1, 0.15) is 0 Å². The number of nitrogens with zero attached hydrogens (tertiary/aromatic N) is 4. The van der Waals surface area contributed by atoms with Crippen LogP contribution in [0.1, 0.15) is 24.1 Å². The van der Waals surface area contributed by atoms with Crippen LogP contribution in [-0.4, -0.2) is 0 Å². The molecule has 0 heterocycles. The molecule has 0 radical (unpaired) electrons. The van der Waals surface area contributed by atoms with Crippen LogP contribution in [0.2, 0.25) is 0 Å². The van der Waals surface area contributed by atoms with Crippen molar-refractivity contribution in [2.45, 2.75) is 13.0 Å². The molecule has 0 aliphatic rings. The molecular formula is C13H10N4. The highest BCUT2D eigenvalue weighted by atomic mass is 15.1. The predicted molar refractivity (Wildman–Crippen MR) is 66.2 cm³/mol. The van der Waals surface area contributed by atoms with E-state index in [0.717, 1.165) is 16.3 Å². The van der Waals surface area contributed by atoms with E-state index in [-0.39, 0.29) is 6.04 Å². The van der Waals surface area contributed by atoms with Crippen LogP contribution in [0.15, 0.2) is 41.5 Å². The molecule has 4 nitrogen and oxygen atoms in total. The molecule has 17 heavy (non-hydrogen) atoms. The topological polar surface area (TPSA) is 72.6 Å². The summed E-state index contributed by atoms with van der Waals surface area (Å²) in [7, 11) is 0. The lowest BCUT2D eigenvalue weighted by Gasteiger charge is -2.11. The number of nitriles is 1. The zero-order chi connectivity index (χ0) is 12.3. The van der Waals surface area contributed by atoms with Crippen molar-refractivity contribution in [2.75, 3.05) is 0 Å². The molecule has 0 fully saturated rings. The number of rotatable bonds is 2. The van der Waals surface area contributed by atoms with Gasteiger partial charge in [0.25, 0.3) is 0 Å². The minimum atomic E-state index is -0.347. The van der Waals surface area contributed by atoms with Crippen molar-refractivity contribution in [3.05, 3.63) is 58.0 Å². The normalized spacial score (nSPS) is 11.5. The molecule has 0 aromatic heterocycles. The van der Waals surface area contributed by atoms with Crippen LogP contribution in [0.25, 0.3) is 21.2 Å². The smallest absolute Gasteiger partial charge is 0.0994 e. The first kappa shape index (κ1) is 11.0. The molecule has 0 amide bonds. The molecule has 0 aliphatic heterocycles. The summed E-state index contributed by atoms with van der Waals surface area (Å²) < 4.78 is 0. The minimum Gasteiger partial charge on any atom is -0.192 e. The molecule has 2 aromatic carbocycles. The number of fused-ring (bicyclic) bond motifs is 1. The van der Waals surface area contributed by atoms with Gasteiger partial charge in [0.15, 0.2) is 0 Å². The lowest BCUT2D eigenvalue weighted by atomic mass is 9.95. The SMILES string of the molecule is CC(N=[N+]=[N-])c1c(C#N)ccc2ccccc12. The van der Waals surface area contributed by atoms with Crippen molar-refractivity contribution in [2.24, 2.45) is 5.11 Å². The van der Waals surface area contributed by atoms with Crippen molar-refractivity contribution >= 4 is 10.8 Å². The van der Waals surface area contributed by atoms with Gasteiger partial charge in [0.05, 0.1) is 17.7 Å². The first-order valence-corrected chi connectivity index (χ1v) is 5.24. The second kappa shape index (κ2) is 4.56. The zero-order valence-electron chi connectivity index (χ0n) is 9.33. The Balaban J connectivity index is 2.81. The van der Waals surface area contributed by atoms with Gasteiger partial charge in [-0.05, 0) is 27.9 Å². The summed E-state index contributed by atoms with van der Waals surface area (Å²) in [6.45, 7) is 1.79. The highest BCUT2D eigenvalue weighted by molar-refractivity contribution is 5.88.